The van der Waals surface area contributed by atoms with Gasteiger partial charge in [-0.05, 0) is 49.8 Å². The van der Waals surface area contributed by atoms with Crippen molar-refractivity contribution >= 4 is 34.5 Å². The topological polar surface area (TPSA) is 80.7 Å². The predicted octanol–water partition coefficient (Wildman–Crippen LogP) is 3.77. The first-order valence-corrected chi connectivity index (χ1v) is 10.8. The molecule has 0 atom stereocenters. The zero-order valence-electron chi connectivity index (χ0n) is 19.9. The van der Waals surface area contributed by atoms with E-state index in [9.17, 15) is 9.59 Å². The van der Waals surface area contributed by atoms with Crippen molar-refractivity contribution in [3.63, 3.8) is 0 Å². The standard InChI is InChI=1S/C26H27N3O5/c1-28(2)9-10-29-25(30)19-8-6-7-17-13-18(14-20(23(17)19)26(29)31)27-15-16-11-21(32-3)24(34-5)22(12-16)33-4/h6-8,11-15H,9-10H2,1-5H3/b27-15-. The van der Waals surface area contributed by atoms with Crippen LogP contribution in [0.4, 0.5) is 5.69 Å². The summed E-state index contributed by atoms with van der Waals surface area (Å²) in [7, 11) is 8.47. The largest absolute Gasteiger partial charge is 0.493 e. The Morgan fingerprint density at radius 1 is 0.912 bits per heavy atom. The van der Waals surface area contributed by atoms with Crippen molar-refractivity contribution in [3.05, 3.63) is 59.2 Å². The lowest BCUT2D eigenvalue weighted by molar-refractivity contribution is 0.0601. The minimum Gasteiger partial charge on any atom is -0.493 e. The molecule has 4 rings (SSSR count). The van der Waals surface area contributed by atoms with Crippen LogP contribution in [0.2, 0.25) is 0 Å². The summed E-state index contributed by atoms with van der Waals surface area (Å²) in [5.41, 5.74) is 2.35. The molecule has 0 saturated carbocycles. The maximum atomic E-state index is 13.3. The first-order chi connectivity index (χ1) is 16.4. The van der Waals surface area contributed by atoms with E-state index in [4.69, 9.17) is 14.2 Å². The quantitative estimate of drug-likeness (QED) is 0.375. The van der Waals surface area contributed by atoms with Gasteiger partial charge in [0.25, 0.3) is 11.8 Å². The van der Waals surface area contributed by atoms with Gasteiger partial charge in [-0.3, -0.25) is 19.5 Å². The molecule has 2 amide bonds. The van der Waals surface area contributed by atoms with Gasteiger partial charge in [0.2, 0.25) is 5.75 Å². The number of nitrogens with zero attached hydrogens (tertiary/aromatic N) is 3. The highest BCUT2D eigenvalue weighted by Gasteiger charge is 2.32. The Labute approximate surface area is 198 Å². The van der Waals surface area contributed by atoms with Gasteiger partial charge in [-0.15, -0.1) is 0 Å². The fourth-order valence-corrected chi connectivity index (χ4v) is 4.04. The molecule has 0 unspecified atom stereocenters. The summed E-state index contributed by atoms with van der Waals surface area (Å²) in [4.78, 5) is 34.2. The average molecular weight is 462 g/mol. The molecular formula is C26H27N3O5. The second kappa shape index (κ2) is 9.52. The van der Waals surface area contributed by atoms with Crippen molar-refractivity contribution in [1.82, 2.24) is 9.80 Å². The van der Waals surface area contributed by atoms with Crippen molar-refractivity contribution < 1.29 is 23.8 Å². The molecule has 0 aromatic heterocycles. The van der Waals surface area contributed by atoms with Gasteiger partial charge >= 0.3 is 0 Å². The van der Waals surface area contributed by atoms with Gasteiger partial charge in [0.1, 0.15) is 0 Å². The Kier molecular flexibility index (Phi) is 6.51. The summed E-state index contributed by atoms with van der Waals surface area (Å²) in [6.45, 7) is 0.904. The molecular weight excluding hydrogens is 434 g/mol. The molecule has 0 radical (unpaired) electrons. The van der Waals surface area contributed by atoms with Crippen LogP contribution in [0, 0.1) is 0 Å². The van der Waals surface area contributed by atoms with E-state index in [1.807, 2.05) is 37.2 Å². The number of hydrogen-bond donors (Lipinski definition) is 0. The van der Waals surface area contributed by atoms with Gasteiger partial charge in [-0.1, -0.05) is 12.1 Å². The summed E-state index contributed by atoms with van der Waals surface area (Å²) in [5.74, 6) is 0.968. The molecule has 0 spiro atoms. The minimum atomic E-state index is -0.305. The molecule has 8 heteroatoms. The van der Waals surface area contributed by atoms with E-state index >= 15 is 0 Å². The van der Waals surface area contributed by atoms with Crippen LogP contribution < -0.4 is 14.2 Å². The van der Waals surface area contributed by atoms with Crippen LogP contribution >= 0.6 is 0 Å². The number of hydrogen-bond acceptors (Lipinski definition) is 7. The van der Waals surface area contributed by atoms with Gasteiger partial charge < -0.3 is 19.1 Å². The van der Waals surface area contributed by atoms with Gasteiger partial charge in [0.05, 0.1) is 32.6 Å². The Hall–Kier alpha value is -3.91. The van der Waals surface area contributed by atoms with Crippen molar-refractivity contribution in [2.75, 3.05) is 48.5 Å². The lowest BCUT2D eigenvalue weighted by Crippen LogP contribution is -2.43. The Morgan fingerprint density at radius 2 is 1.59 bits per heavy atom. The zero-order chi connectivity index (χ0) is 24.4. The van der Waals surface area contributed by atoms with Crippen LogP contribution in [0.1, 0.15) is 26.3 Å². The van der Waals surface area contributed by atoms with E-state index in [0.717, 1.165) is 10.9 Å². The number of ether oxygens (including phenoxy) is 3. The number of benzene rings is 3. The highest BCUT2D eigenvalue weighted by Crippen LogP contribution is 2.38. The van der Waals surface area contributed by atoms with E-state index in [2.05, 4.69) is 4.99 Å². The van der Waals surface area contributed by atoms with Crippen molar-refractivity contribution in [3.8, 4) is 17.2 Å². The second-order valence-corrected chi connectivity index (χ2v) is 8.18. The number of aliphatic imine (C=N–C) groups is 1. The SMILES string of the molecule is COc1cc(/C=N\c2cc3c4c(cccc4c2)C(=O)N(CCN(C)C)C3=O)cc(OC)c1OC. The lowest BCUT2D eigenvalue weighted by atomic mass is 9.93. The molecule has 0 bridgehead atoms. The molecule has 3 aromatic carbocycles. The average Bonchev–Trinajstić information content (AvgIpc) is 2.84. The van der Waals surface area contributed by atoms with Crippen LogP contribution in [-0.2, 0) is 0 Å². The number of methoxy groups -OCH3 is 3. The van der Waals surface area contributed by atoms with E-state index in [1.54, 1.807) is 51.8 Å². The number of carbonyl (C=O) groups is 2. The van der Waals surface area contributed by atoms with Crippen molar-refractivity contribution in [2.24, 2.45) is 4.99 Å². The van der Waals surface area contributed by atoms with Crippen molar-refractivity contribution in [1.29, 1.82) is 0 Å². The molecule has 176 valence electrons. The number of likely N-dealkylation sites (N-methyl/N-ethyl adjacent to an activating group) is 1. The summed E-state index contributed by atoms with van der Waals surface area (Å²) < 4.78 is 16.2. The number of imide groups is 1. The first kappa shape index (κ1) is 23.3. The van der Waals surface area contributed by atoms with Gasteiger partial charge in [0.15, 0.2) is 11.5 Å². The van der Waals surface area contributed by atoms with Crippen molar-refractivity contribution in [2.45, 2.75) is 0 Å². The van der Waals surface area contributed by atoms with Crippen LogP contribution in [0.15, 0.2) is 47.5 Å². The normalized spacial score (nSPS) is 13.3. The maximum Gasteiger partial charge on any atom is 0.261 e. The highest BCUT2D eigenvalue weighted by atomic mass is 16.5. The zero-order valence-corrected chi connectivity index (χ0v) is 19.9. The maximum absolute atomic E-state index is 13.3. The van der Waals surface area contributed by atoms with Crippen LogP contribution in [-0.4, -0.2) is 76.3 Å². The lowest BCUT2D eigenvalue weighted by Gasteiger charge is -2.28. The molecule has 0 fully saturated rings. The molecule has 1 aliphatic rings. The Bertz CT molecular complexity index is 1270. The minimum absolute atomic E-state index is 0.265. The van der Waals surface area contributed by atoms with Gasteiger partial charge in [0, 0.05) is 35.8 Å². The van der Waals surface area contributed by atoms with E-state index in [1.165, 1.54) is 4.90 Å². The number of carbonyl (C=O) groups excluding carboxylic acids is 2. The summed E-state index contributed by atoms with van der Waals surface area (Å²) >= 11 is 0. The first-order valence-electron chi connectivity index (χ1n) is 10.8. The van der Waals surface area contributed by atoms with Crippen LogP contribution in [0.25, 0.3) is 10.8 Å². The monoisotopic (exact) mass is 461 g/mol. The molecule has 0 aliphatic carbocycles. The molecule has 0 N–H and O–H groups in total. The molecule has 8 nitrogen and oxygen atoms in total. The summed E-state index contributed by atoms with van der Waals surface area (Å²) in [6.07, 6.45) is 1.67. The van der Waals surface area contributed by atoms with Crippen LogP contribution in [0.3, 0.4) is 0 Å². The third kappa shape index (κ3) is 4.20. The molecule has 1 heterocycles. The fraction of sp³-hybridized carbons (Fsp3) is 0.269. The highest BCUT2D eigenvalue weighted by molar-refractivity contribution is 6.26. The summed E-state index contributed by atoms with van der Waals surface area (Å²) in [6, 6.07) is 12.7. The van der Waals surface area contributed by atoms with Gasteiger partial charge in [-0.2, -0.15) is 0 Å². The third-order valence-corrected chi connectivity index (χ3v) is 5.73. The summed E-state index contributed by atoms with van der Waals surface area (Å²) in [5, 5.41) is 1.46. The predicted molar refractivity (Wildman–Crippen MR) is 131 cm³/mol. The molecule has 3 aromatic rings. The second-order valence-electron chi connectivity index (χ2n) is 8.18. The molecule has 0 saturated heterocycles. The molecule has 34 heavy (non-hydrogen) atoms. The van der Waals surface area contributed by atoms with Gasteiger partial charge in [-0.25, -0.2) is 0 Å². The van der Waals surface area contributed by atoms with Crippen LogP contribution in [0.5, 0.6) is 17.2 Å². The Morgan fingerprint density at radius 3 is 2.21 bits per heavy atom. The third-order valence-electron chi connectivity index (χ3n) is 5.73. The Balaban J connectivity index is 1.76. The fourth-order valence-electron chi connectivity index (χ4n) is 4.04. The van der Waals surface area contributed by atoms with E-state index < -0.39 is 0 Å². The number of rotatable bonds is 8. The number of amides is 2. The van der Waals surface area contributed by atoms with E-state index in [-0.39, 0.29) is 11.8 Å². The molecule has 1 aliphatic heterocycles. The smallest absolute Gasteiger partial charge is 0.261 e. The van der Waals surface area contributed by atoms with E-state index in [0.29, 0.717) is 52.5 Å².